The van der Waals surface area contributed by atoms with E-state index in [9.17, 15) is 14.0 Å². The van der Waals surface area contributed by atoms with Gasteiger partial charge in [0.25, 0.3) is 0 Å². The molecule has 0 aliphatic rings. The summed E-state index contributed by atoms with van der Waals surface area (Å²) in [6, 6.07) is 13.5. The van der Waals surface area contributed by atoms with Crippen molar-refractivity contribution in [2.75, 3.05) is 5.32 Å². The highest BCUT2D eigenvalue weighted by Gasteiger charge is 2.06. The zero-order valence-electron chi connectivity index (χ0n) is 13.3. The molecular formula is C18H18FN3O2. The Balaban J connectivity index is 1.73. The van der Waals surface area contributed by atoms with Crippen LogP contribution in [0.1, 0.15) is 24.0 Å². The summed E-state index contributed by atoms with van der Waals surface area (Å²) >= 11 is 0. The van der Waals surface area contributed by atoms with Crippen LogP contribution in [-0.2, 0) is 9.59 Å². The predicted molar refractivity (Wildman–Crippen MR) is 91.2 cm³/mol. The lowest BCUT2D eigenvalue weighted by Crippen LogP contribution is -2.20. The maximum Gasteiger partial charge on any atom is 0.240 e. The molecule has 0 fully saturated rings. The van der Waals surface area contributed by atoms with Gasteiger partial charge in [0.05, 0.1) is 6.21 Å². The molecule has 2 aromatic carbocycles. The molecule has 0 bridgehead atoms. The topological polar surface area (TPSA) is 70.6 Å². The minimum atomic E-state index is -0.423. The van der Waals surface area contributed by atoms with Crippen molar-refractivity contribution in [1.82, 2.24) is 5.43 Å². The first kappa shape index (κ1) is 17.3. The van der Waals surface area contributed by atoms with Gasteiger partial charge in [0.1, 0.15) is 5.82 Å². The maximum atomic E-state index is 13.3. The summed E-state index contributed by atoms with van der Waals surface area (Å²) in [5, 5.41) is 6.38. The summed E-state index contributed by atoms with van der Waals surface area (Å²) in [4.78, 5) is 23.4. The molecule has 0 atom stereocenters. The molecule has 2 aromatic rings. The van der Waals surface area contributed by atoms with Gasteiger partial charge in [0.2, 0.25) is 11.8 Å². The Labute approximate surface area is 139 Å². The van der Waals surface area contributed by atoms with E-state index in [0.717, 1.165) is 5.56 Å². The fourth-order valence-electron chi connectivity index (χ4n) is 1.90. The molecule has 2 rings (SSSR count). The van der Waals surface area contributed by atoms with Crippen molar-refractivity contribution in [3.63, 3.8) is 0 Å². The van der Waals surface area contributed by atoms with Crippen molar-refractivity contribution >= 4 is 23.7 Å². The Morgan fingerprint density at radius 2 is 1.71 bits per heavy atom. The Hall–Kier alpha value is -3.02. The van der Waals surface area contributed by atoms with Gasteiger partial charge in [-0.15, -0.1) is 0 Å². The normalized spacial score (nSPS) is 10.6. The summed E-state index contributed by atoms with van der Waals surface area (Å²) in [5.74, 6) is -1.10. The van der Waals surface area contributed by atoms with E-state index in [-0.39, 0.29) is 24.3 Å². The van der Waals surface area contributed by atoms with Crippen molar-refractivity contribution in [2.24, 2.45) is 5.10 Å². The third-order valence-corrected chi connectivity index (χ3v) is 3.21. The number of hydrogen-bond donors (Lipinski definition) is 2. The highest BCUT2D eigenvalue weighted by molar-refractivity contribution is 5.93. The highest BCUT2D eigenvalue weighted by Crippen LogP contribution is 2.09. The molecule has 0 radical (unpaired) electrons. The first-order chi connectivity index (χ1) is 11.5. The minimum Gasteiger partial charge on any atom is -0.326 e. The number of hydrazone groups is 1. The summed E-state index contributed by atoms with van der Waals surface area (Å²) in [6.45, 7) is 1.96. The van der Waals surface area contributed by atoms with Crippen LogP contribution >= 0.6 is 0 Å². The Bertz CT molecular complexity index is 742. The van der Waals surface area contributed by atoms with Gasteiger partial charge in [0.15, 0.2) is 0 Å². The van der Waals surface area contributed by atoms with Crippen LogP contribution in [0.2, 0.25) is 0 Å². The second kappa shape index (κ2) is 8.57. The van der Waals surface area contributed by atoms with Gasteiger partial charge in [-0.25, -0.2) is 9.82 Å². The Kier molecular flexibility index (Phi) is 6.19. The van der Waals surface area contributed by atoms with Gasteiger partial charge in [-0.05, 0) is 25.1 Å². The fourth-order valence-corrected chi connectivity index (χ4v) is 1.90. The SMILES string of the molecule is Cc1ccc(NC(=O)CCC(=O)NN=Cc2ccccc2F)cc1. The molecule has 0 spiro atoms. The van der Waals surface area contributed by atoms with Crippen molar-refractivity contribution < 1.29 is 14.0 Å². The van der Waals surface area contributed by atoms with E-state index >= 15 is 0 Å². The average molecular weight is 327 g/mol. The number of carbonyl (C=O) groups is 2. The van der Waals surface area contributed by atoms with E-state index in [1.54, 1.807) is 30.3 Å². The molecule has 0 aliphatic heterocycles. The first-order valence-corrected chi connectivity index (χ1v) is 7.47. The molecule has 0 unspecified atom stereocenters. The van der Waals surface area contributed by atoms with E-state index in [1.807, 2.05) is 19.1 Å². The molecule has 0 aliphatic carbocycles. The van der Waals surface area contributed by atoms with E-state index in [0.29, 0.717) is 5.69 Å². The molecular weight excluding hydrogens is 309 g/mol. The second-order valence-corrected chi connectivity index (χ2v) is 5.23. The third kappa shape index (κ3) is 5.64. The van der Waals surface area contributed by atoms with Gasteiger partial charge in [0, 0.05) is 24.1 Å². The number of halogens is 1. The van der Waals surface area contributed by atoms with Crippen LogP contribution in [0.25, 0.3) is 0 Å². The quantitative estimate of drug-likeness (QED) is 0.632. The smallest absolute Gasteiger partial charge is 0.240 e. The number of aryl methyl sites for hydroxylation is 1. The molecule has 6 heteroatoms. The van der Waals surface area contributed by atoms with Crippen LogP contribution in [0.4, 0.5) is 10.1 Å². The molecule has 0 heterocycles. The highest BCUT2D eigenvalue weighted by atomic mass is 19.1. The maximum absolute atomic E-state index is 13.3. The number of rotatable bonds is 6. The summed E-state index contributed by atoms with van der Waals surface area (Å²) in [5.41, 5.74) is 4.32. The van der Waals surface area contributed by atoms with Crippen molar-refractivity contribution in [3.05, 3.63) is 65.5 Å². The lowest BCUT2D eigenvalue weighted by atomic mass is 10.2. The Morgan fingerprint density at radius 1 is 1.04 bits per heavy atom. The van der Waals surface area contributed by atoms with Crippen LogP contribution < -0.4 is 10.7 Å². The number of carbonyl (C=O) groups excluding carboxylic acids is 2. The zero-order valence-corrected chi connectivity index (χ0v) is 13.3. The molecule has 124 valence electrons. The molecule has 2 N–H and O–H groups in total. The van der Waals surface area contributed by atoms with Crippen molar-refractivity contribution in [1.29, 1.82) is 0 Å². The molecule has 24 heavy (non-hydrogen) atoms. The van der Waals surface area contributed by atoms with Crippen LogP contribution in [0.5, 0.6) is 0 Å². The number of amides is 2. The Morgan fingerprint density at radius 3 is 2.42 bits per heavy atom. The van der Waals surface area contributed by atoms with Crippen LogP contribution in [0.3, 0.4) is 0 Å². The van der Waals surface area contributed by atoms with Crippen LogP contribution in [0, 0.1) is 12.7 Å². The first-order valence-electron chi connectivity index (χ1n) is 7.47. The standard InChI is InChI=1S/C18H18FN3O2/c1-13-6-8-15(9-7-13)21-17(23)10-11-18(24)22-20-12-14-4-2-3-5-16(14)19/h2-9,12H,10-11H2,1H3,(H,21,23)(H,22,24). The molecule has 2 amide bonds. The van der Waals surface area contributed by atoms with E-state index in [4.69, 9.17) is 0 Å². The monoisotopic (exact) mass is 327 g/mol. The van der Waals surface area contributed by atoms with E-state index in [2.05, 4.69) is 15.8 Å². The van der Waals surface area contributed by atoms with Crippen LogP contribution in [-0.4, -0.2) is 18.0 Å². The van der Waals surface area contributed by atoms with Crippen molar-refractivity contribution in [3.8, 4) is 0 Å². The number of nitrogens with zero attached hydrogens (tertiary/aromatic N) is 1. The lowest BCUT2D eigenvalue weighted by molar-refractivity contribution is -0.124. The summed E-state index contributed by atoms with van der Waals surface area (Å²) < 4.78 is 13.3. The number of benzene rings is 2. The van der Waals surface area contributed by atoms with E-state index < -0.39 is 11.7 Å². The second-order valence-electron chi connectivity index (χ2n) is 5.23. The molecule has 0 saturated carbocycles. The zero-order chi connectivity index (χ0) is 17.4. The third-order valence-electron chi connectivity index (χ3n) is 3.21. The molecule has 0 aromatic heterocycles. The predicted octanol–water partition coefficient (Wildman–Crippen LogP) is 3.00. The minimum absolute atomic E-state index is 0.00763. The van der Waals surface area contributed by atoms with Gasteiger partial charge < -0.3 is 5.32 Å². The summed E-state index contributed by atoms with van der Waals surface area (Å²) in [6.07, 6.45) is 1.25. The van der Waals surface area contributed by atoms with Crippen molar-refractivity contribution in [2.45, 2.75) is 19.8 Å². The average Bonchev–Trinajstić information content (AvgIpc) is 2.57. The van der Waals surface area contributed by atoms with Gasteiger partial charge in [-0.3, -0.25) is 9.59 Å². The van der Waals surface area contributed by atoms with Crippen LogP contribution in [0.15, 0.2) is 53.6 Å². The summed E-state index contributed by atoms with van der Waals surface area (Å²) in [7, 11) is 0. The number of anilines is 1. The fraction of sp³-hybridized carbons (Fsp3) is 0.167. The molecule has 0 saturated heterocycles. The van der Waals surface area contributed by atoms with E-state index in [1.165, 1.54) is 12.3 Å². The number of hydrogen-bond acceptors (Lipinski definition) is 3. The van der Waals surface area contributed by atoms with Gasteiger partial charge in [-0.1, -0.05) is 35.9 Å². The lowest BCUT2D eigenvalue weighted by Gasteiger charge is -2.05. The van der Waals surface area contributed by atoms with Gasteiger partial charge in [-0.2, -0.15) is 5.10 Å². The molecule has 5 nitrogen and oxygen atoms in total. The largest absolute Gasteiger partial charge is 0.326 e. The number of nitrogens with one attached hydrogen (secondary N) is 2. The van der Waals surface area contributed by atoms with Gasteiger partial charge >= 0.3 is 0 Å².